The van der Waals surface area contributed by atoms with E-state index in [1.807, 2.05) is 11.9 Å². The number of nitrogens with one attached hydrogen (secondary N) is 2. The molecule has 162 valence electrons. The smallest absolute Gasteiger partial charge is 0.369 e. The van der Waals surface area contributed by atoms with E-state index in [4.69, 9.17) is 0 Å². The summed E-state index contributed by atoms with van der Waals surface area (Å²) in [5, 5.41) is 8.33. The molecule has 2 N–H and O–H groups in total. The van der Waals surface area contributed by atoms with Crippen LogP contribution in [0.3, 0.4) is 0 Å². The number of piperazine rings is 1. The van der Waals surface area contributed by atoms with Crippen LogP contribution in [0.2, 0.25) is 0 Å². The number of hydrogen-bond acceptors (Lipinski definition) is 5. The van der Waals surface area contributed by atoms with Crippen LogP contribution in [-0.2, 0) is 11.0 Å². The number of halogens is 3. The third kappa shape index (κ3) is 5.73. The summed E-state index contributed by atoms with van der Waals surface area (Å²) in [6, 6.07) is 5.61. The highest BCUT2D eigenvalue weighted by Gasteiger charge is 2.35. The lowest BCUT2D eigenvalue weighted by Gasteiger charge is -2.34. The third-order valence-electron chi connectivity index (χ3n) is 4.87. The fourth-order valence-corrected chi connectivity index (χ4v) is 3.77. The minimum absolute atomic E-state index is 0.0290. The summed E-state index contributed by atoms with van der Waals surface area (Å²) >= 11 is 1.37. The Bertz CT molecular complexity index is 879. The van der Waals surface area contributed by atoms with Crippen molar-refractivity contribution < 1.29 is 22.8 Å². The van der Waals surface area contributed by atoms with E-state index in [1.165, 1.54) is 17.4 Å². The fourth-order valence-electron chi connectivity index (χ4n) is 3.14. The van der Waals surface area contributed by atoms with Crippen molar-refractivity contribution in [3.8, 4) is 0 Å². The molecule has 2 heterocycles. The Morgan fingerprint density at radius 2 is 1.87 bits per heavy atom. The van der Waals surface area contributed by atoms with Crippen LogP contribution in [0.15, 0.2) is 35.0 Å². The largest absolute Gasteiger partial charge is 0.418 e. The number of nitrogens with zero attached hydrogens (tertiary/aromatic N) is 2. The van der Waals surface area contributed by atoms with Gasteiger partial charge >= 0.3 is 6.18 Å². The minimum atomic E-state index is -4.60. The first kappa shape index (κ1) is 22.1. The maximum absolute atomic E-state index is 13.6. The summed E-state index contributed by atoms with van der Waals surface area (Å²) < 4.78 is 40.8. The fraction of sp³-hybridized carbons (Fsp3) is 0.400. The van der Waals surface area contributed by atoms with E-state index >= 15 is 0 Å². The van der Waals surface area contributed by atoms with Crippen LogP contribution in [0.1, 0.15) is 22.3 Å². The van der Waals surface area contributed by atoms with E-state index in [0.29, 0.717) is 24.3 Å². The molecule has 0 atom stereocenters. The lowest BCUT2D eigenvalue weighted by molar-refractivity contribution is -0.136. The monoisotopic (exact) mass is 440 g/mol. The van der Waals surface area contributed by atoms with Gasteiger partial charge in [-0.1, -0.05) is 0 Å². The average molecular weight is 440 g/mol. The van der Waals surface area contributed by atoms with Crippen molar-refractivity contribution >= 4 is 34.5 Å². The lowest BCUT2D eigenvalue weighted by Crippen LogP contribution is -2.44. The van der Waals surface area contributed by atoms with E-state index in [-0.39, 0.29) is 24.6 Å². The second kappa shape index (κ2) is 9.48. The number of thiophene rings is 1. The molecule has 3 rings (SSSR count). The van der Waals surface area contributed by atoms with Crippen molar-refractivity contribution in [2.24, 2.45) is 0 Å². The zero-order chi connectivity index (χ0) is 21.7. The van der Waals surface area contributed by atoms with Gasteiger partial charge in [-0.25, -0.2) is 0 Å². The molecule has 1 aliphatic heterocycles. The standard InChI is InChI=1S/C20H23F3N4O2S/c1-26-7-9-27(10-8-26)15-2-3-17(16(12-15)20(21,22)23)25-18(28)4-6-24-19(29)14-5-11-30-13-14/h2-3,5,11-13H,4,6-10H2,1H3,(H,24,29)(H,25,28). The van der Waals surface area contributed by atoms with Crippen molar-refractivity contribution in [1.29, 1.82) is 0 Å². The lowest BCUT2D eigenvalue weighted by atomic mass is 10.1. The molecule has 0 unspecified atom stereocenters. The van der Waals surface area contributed by atoms with Gasteiger partial charge in [-0.2, -0.15) is 24.5 Å². The molecule has 0 saturated carbocycles. The predicted molar refractivity (Wildman–Crippen MR) is 111 cm³/mol. The topological polar surface area (TPSA) is 64.7 Å². The molecule has 1 aromatic carbocycles. The van der Waals surface area contributed by atoms with Gasteiger partial charge in [-0.05, 0) is 36.7 Å². The van der Waals surface area contributed by atoms with Gasteiger partial charge in [-0.3, -0.25) is 9.59 Å². The molecule has 6 nitrogen and oxygen atoms in total. The number of amides is 2. The van der Waals surface area contributed by atoms with Gasteiger partial charge in [0.25, 0.3) is 5.91 Å². The first-order valence-corrected chi connectivity index (χ1v) is 10.4. The summed E-state index contributed by atoms with van der Waals surface area (Å²) in [7, 11) is 1.97. The Morgan fingerprint density at radius 3 is 2.50 bits per heavy atom. The molecule has 10 heteroatoms. The maximum atomic E-state index is 13.6. The number of alkyl halides is 3. The van der Waals surface area contributed by atoms with Crippen LogP contribution in [0.25, 0.3) is 0 Å². The van der Waals surface area contributed by atoms with E-state index in [0.717, 1.165) is 19.2 Å². The first-order chi connectivity index (χ1) is 14.2. The number of likely N-dealkylation sites (N-methyl/N-ethyl adjacent to an activating group) is 1. The second-order valence-corrected chi connectivity index (χ2v) is 7.86. The molecule has 2 amide bonds. The van der Waals surface area contributed by atoms with Gasteiger partial charge in [0.15, 0.2) is 0 Å². The Labute approximate surface area is 176 Å². The zero-order valence-corrected chi connectivity index (χ0v) is 17.3. The van der Waals surface area contributed by atoms with Gasteiger partial charge in [0, 0.05) is 55.8 Å². The number of carbonyl (C=O) groups excluding carboxylic acids is 2. The van der Waals surface area contributed by atoms with E-state index in [1.54, 1.807) is 22.9 Å². The molecule has 1 aromatic heterocycles. The molecule has 0 aliphatic carbocycles. The van der Waals surface area contributed by atoms with Crippen molar-refractivity contribution in [2.75, 3.05) is 50.0 Å². The van der Waals surface area contributed by atoms with Gasteiger partial charge in [-0.15, -0.1) is 0 Å². The van der Waals surface area contributed by atoms with Crippen molar-refractivity contribution in [3.63, 3.8) is 0 Å². The molecule has 1 saturated heterocycles. The van der Waals surface area contributed by atoms with Crippen LogP contribution in [-0.4, -0.2) is 56.5 Å². The average Bonchev–Trinajstić information content (AvgIpc) is 3.23. The number of rotatable bonds is 6. The van der Waals surface area contributed by atoms with E-state index in [2.05, 4.69) is 15.5 Å². The van der Waals surface area contributed by atoms with Gasteiger partial charge < -0.3 is 20.4 Å². The summed E-state index contributed by atoms with van der Waals surface area (Å²) in [5.74, 6) is -0.921. The van der Waals surface area contributed by atoms with Gasteiger partial charge in [0.1, 0.15) is 0 Å². The second-order valence-electron chi connectivity index (χ2n) is 7.08. The quantitative estimate of drug-likeness (QED) is 0.724. The van der Waals surface area contributed by atoms with Gasteiger partial charge in [0.05, 0.1) is 11.3 Å². The number of benzene rings is 1. The van der Waals surface area contributed by atoms with Crippen LogP contribution in [0.4, 0.5) is 24.5 Å². The molecule has 0 spiro atoms. The Kier molecular flexibility index (Phi) is 6.99. The van der Waals surface area contributed by atoms with E-state index in [9.17, 15) is 22.8 Å². The zero-order valence-electron chi connectivity index (χ0n) is 16.5. The van der Waals surface area contributed by atoms with Crippen molar-refractivity contribution in [2.45, 2.75) is 12.6 Å². The highest BCUT2D eigenvalue weighted by Crippen LogP contribution is 2.37. The first-order valence-electron chi connectivity index (χ1n) is 9.49. The Hall–Kier alpha value is -2.59. The molecule has 0 radical (unpaired) electrons. The van der Waals surface area contributed by atoms with Crippen LogP contribution in [0, 0.1) is 0 Å². The number of hydrogen-bond donors (Lipinski definition) is 2. The summed E-state index contributed by atoms with van der Waals surface area (Å²) in [4.78, 5) is 28.0. The minimum Gasteiger partial charge on any atom is -0.369 e. The van der Waals surface area contributed by atoms with Gasteiger partial charge in [0.2, 0.25) is 5.91 Å². The summed E-state index contributed by atoms with van der Waals surface area (Å²) in [6.07, 6.45) is -4.73. The number of anilines is 2. The summed E-state index contributed by atoms with van der Waals surface area (Å²) in [5.41, 5.74) is -0.195. The molecule has 0 bridgehead atoms. The van der Waals surface area contributed by atoms with E-state index < -0.39 is 17.6 Å². The Morgan fingerprint density at radius 1 is 1.13 bits per heavy atom. The van der Waals surface area contributed by atoms with Crippen LogP contribution >= 0.6 is 11.3 Å². The van der Waals surface area contributed by atoms with Crippen molar-refractivity contribution in [3.05, 3.63) is 46.2 Å². The van der Waals surface area contributed by atoms with Crippen molar-refractivity contribution in [1.82, 2.24) is 10.2 Å². The molecule has 1 fully saturated rings. The predicted octanol–water partition coefficient (Wildman–Crippen LogP) is 3.28. The maximum Gasteiger partial charge on any atom is 0.418 e. The highest BCUT2D eigenvalue weighted by atomic mass is 32.1. The molecule has 2 aromatic rings. The Balaban J connectivity index is 1.62. The third-order valence-corrected chi connectivity index (χ3v) is 5.56. The molecule has 1 aliphatic rings. The summed E-state index contributed by atoms with van der Waals surface area (Å²) in [6.45, 7) is 2.86. The molecular weight excluding hydrogens is 417 g/mol. The van der Waals surface area contributed by atoms with Crippen LogP contribution in [0.5, 0.6) is 0 Å². The van der Waals surface area contributed by atoms with Crippen LogP contribution < -0.4 is 15.5 Å². The SMILES string of the molecule is CN1CCN(c2ccc(NC(=O)CCNC(=O)c3ccsc3)c(C(F)(F)F)c2)CC1. The molecule has 30 heavy (non-hydrogen) atoms. The molecular formula is C20H23F3N4O2S. The normalized spacial score (nSPS) is 15.1. The number of carbonyl (C=O) groups is 2. The highest BCUT2D eigenvalue weighted by molar-refractivity contribution is 7.08.